The van der Waals surface area contributed by atoms with E-state index in [0.29, 0.717) is 11.9 Å². The van der Waals surface area contributed by atoms with Crippen molar-refractivity contribution >= 4 is 23.5 Å². The van der Waals surface area contributed by atoms with Gasteiger partial charge in [0.05, 0.1) is 0 Å². The van der Waals surface area contributed by atoms with Gasteiger partial charge in [0.15, 0.2) is 0 Å². The van der Waals surface area contributed by atoms with Crippen LogP contribution < -0.4 is 9.80 Å². The zero-order chi connectivity index (χ0) is 15.8. The number of hydrogen-bond acceptors (Lipinski definition) is 6. The highest BCUT2D eigenvalue weighted by molar-refractivity contribution is 6.28. The van der Waals surface area contributed by atoms with Crippen molar-refractivity contribution in [2.24, 2.45) is 0 Å². The van der Waals surface area contributed by atoms with Crippen LogP contribution in [0.15, 0.2) is 0 Å². The van der Waals surface area contributed by atoms with Crippen molar-refractivity contribution in [2.75, 3.05) is 56.6 Å². The first-order chi connectivity index (χ1) is 10.0. The van der Waals surface area contributed by atoms with Gasteiger partial charge in [-0.1, -0.05) is 0 Å². The topological polar surface area (TPSA) is 48.4 Å². The highest BCUT2D eigenvalue weighted by Gasteiger charge is 2.14. The van der Waals surface area contributed by atoms with Gasteiger partial charge in [-0.25, -0.2) is 0 Å². The summed E-state index contributed by atoms with van der Waals surface area (Å²) in [7, 11) is 4.16. The molecule has 1 heterocycles. The first-order valence-electron chi connectivity index (χ1n) is 7.57. The van der Waals surface area contributed by atoms with Gasteiger partial charge in [0.2, 0.25) is 17.2 Å². The quantitative estimate of drug-likeness (QED) is 0.696. The lowest BCUT2D eigenvalue weighted by Crippen LogP contribution is -2.30. The molecule has 1 aromatic rings. The molecule has 7 heteroatoms. The molecular formula is C14H27ClN6. The molecule has 120 valence electrons. The maximum Gasteiger partial charge on any atom is 0.231 e. The van der Waals surface area contributed by atoms with E-state index < -0.39 is 0 Å². The Morgan fingerprint density at radius 1 is 0.810 bits per heavy atom. The molecular weight excluding hydrogens is 288 g/mol. The molecule has 21 heavy (non-hydrogen) atoms. The van der Waals surface area contributed by atoms with Crippen LogP contribution in [0.3, 0.4) is 0 Å². The summed E-state index contributed by atoms with van der Waals surface area (Å²) in [5.41, 5.74) is 0. The van der Waals surface area contributed by atoms with Crippen LogP contribution in [0.1, 0.15) is 27.2 Å². The van der Waals surface area contributed by atoms with E-state index in [0.717, 1.165) is 39.1 Å². The molecule has 0 saturated carbocycles. The molecule has 0 bridgehead atoms. The van der Waals surface area contributed by atoms with Crippen molar-refractivity contribution < 1.29 is 0 Å². The molecule has 0 amide bonds. The van der Waals surface area contributed by atoms with Gasteiger partial charge in [-0.3, -0.25) is 0 Å². The molecule has 0 fully saturated rings. The van der Waals surface area contributed by atoms with Crippen LogP contribution in [0.4, 0.5) is 11.9 Å². The summed E-state index contributed by atoms with van der Waals surface area (Å²) in [4.78, 5) is 19.5. The van der Waals surface area contributed by atoms with Gasteiger partial charge in [-0.05, 0) is 59.4 Å². The largest absolute Gasteiger partial charge is 0.341 e. The lowest BCUT2D eigenvalue weighted by molar-refractivity contribution is 0.400. The van der Waals surface area contributed by atoms with E-state index in [2.05, 4.69) is 64.5 Å². The predicted octanol–water partition coefficient (Wildman–Crippen LogP) is 2.15. The Morgan fingerprint density at radius 2 is 1.33 bits per heavy atom. The zero-order valence-electron chi connectivity index (χ0n) is 13.8. The molecule has 0 aliphatic carbocycles. The van der Waals surface area contributed by atoms with E-state index in [-0.39, 0.29) is 5.28 Å². The summed E-state index contributed by atoms with van der Waals surface area (Å²) in [5, 5.41) is 0.257. The Bertz CT molecular complexity index is 422. The number of aromatic nitrogens is 3. The Balaban J connectivity index is 2.88. The molecule has 0 N–H and O–H groups in total. The highest BCUT2D eigenvalue weighted by Crippen LogP contribution is 2.16. The lowest BCUT2D eigenvalue weighted by atomic mass is 10.3. The van der Waals surface area contributed by atoms with E-state index >= 15 is 0 Å². The fourth-order valence-corrected chi connectivity index (χ4v) is 2.25. The van der Waals surface area contributed by atoms with E-state index in [1.165, 1.54) is 0 Å². The van der Waals surface area contributed by atoms with Crippen LogP contribution in [-0.4, -0.2) is 66.7 Å². The smallest absolute Gasteiger partial charge is 0.231 e. The predicted molar refractivity (Wildman–Crippen MR) is 89.5 cm³/mol. The molecule has 0 radical (unpaired) electrons. The highest BCUT2D eigenvalue weighted by atomic mass is 35.5. The van der Waals surface area contributed by atoms with E-state index in [1.807, 2.05) is 0 Å². The fourth-order valence-electron chi connectivity index (χ4n) is 2.10. The molecule has 0 atom stereocenters. The van der Waals surface area contributed by atoms with Crippen LogP contribution in [0.25, 0.3) is 0 Å². The van der Waals surface area contributed by atoms with Crippen molar-refractivity contribution in [2.45, 2.75) is 27.2 Å². The van der Waals surface area contributed by atoms with Gasteiger partial charge in [0.1, 0.15) is 0 Å². The summed E-state index contributed by atoms with van der Waals surface area (Å²) in [6.07, 6.45) is 1.06. The minimum Gasteiger partial charge on any atom is -0.341 e. The summed E-state index contributed by atoms with van der Waals surface area (Å²) in [6, 6.07) is 0. The first kappa shape index (κ1) is 17.9. The van der Waals surface area contributed by atoms with E-state index in [1.54, 1.807) is 0 Å². The normalized spacial score (nSPS) is 11.0. The number of halogens is 1. The monoisotopic (exact) mass is 314 g/mol. The Labute approximate surface area is 133 Å². The summed E-state index contributed by atoms with van der Waals surface area (Å²) in [6.45, 7) is 10.8. The number of rotatable bonds is 9. The Hall–Kier alpha value is -1.14. The van der Waals surface area contributed by atoms with Gasteiger partial charge in [0.25, 0.3) is 0 Å². The second-order valence-corrected chi connectivity index (χ2v) is 5.45. The van der Waals surface area contributed by atoms with Gasteiger partial charge in [-0.2, -0.15) is 15.0 Å². The van der Waals surface area contributed by atoms with Crippen LogP contribution in [0.2, 0.25) is 5.28 Å². The van der Waals surface area contributed by atoms with Crippen LogP contribution >= 0.6 is 11.6 Å². The van der Waals surface area contributed by atoms with Crippen molar-refractivity contribution in [1.29, 1.82) is 0 Å². The number of nitrogens with zero attached hydrogens (tertiary/aromatic N) is 6. The fraction of sp³-hybridized carbons (Fsp3) is 0.786. The molecule has 0 saturated heterocycles. The Kier molecular flexibility index (Phi) is 7.67. The maximum atomic E-state index is 6.07. The molecule has 0 spiro atoms. The molecule has 0 aliphatic rings. The van der Waals surface area contributed by atoms with Crippen LogP contribution in [0.5, 0.6) is 0 Å². The van der Waals surface area contributed by atoms with Crippen molar-refractivity contribution in [3.63, 3.8) is 0 Å². The number of hydrogen-bond donors (Lipinski definition) is 0. The van der Waals surface area contributed by atoms with Gasteiger partial charge in [0, 0.05) is 26.2 Å². The molecule has 1 aromatic heterocycles. The van der Waals surface area contributed by atoms with Gasteiger partial charge >= 0.3 is 0 Å². The minimum atomic E-state index is 0.257. The summed E-state index contributed by atoms with van der Waals surface area (Å²) in [5.74, 6) is 1.32. The summed E-state index contributed by atoms with van der Waals surface area (Å²) < 4.78 is 0. The van der Waals surface area contributed by atoms with Crippen molar-refractivity contribution in [1.82, 2.24) is 19.9 Å². The molecule has 0 unspecified atom stereocenters. The summed E-state index contributed by atoms with van der Waals surface area (Å²) >= 11 is 6.07. The SMILES string of the molecule is CCN(CC)c1nc(Cl)nc(N(CC)CCCN(C)C)n1. The zero-order valence-corrected chi connectivity index (χ0v) is 14.6. The average Bonchev–Trinajstić information content (AvgIpc) is 2.44. The Morgan fingerprint density at radius 3 is 1.81 bits per heavy atom. The van der Waals surface area contributed by atoms with E-state index in [4.69, 9.17) is 11.6 Å². The second kappa shape index (κ2) is 9.00. The lowest BCUT2D eigenvalue weighted by Gasteiger charge is -2.24. The standard InChI is InChI=1S/C14H27ClN6/c1-6-20(7-2)13-16-12(15)17-14(18-13)21(8-3)11-9-10-19(4)5/h6-11H2,1-5H3. The molecule has 0 aromatic carbocycles. The third-order valence-corrected chi connectivity index (χ3v) is 3.50. The second-order valence-electron chi connectivity index (χ2n) is 5.11. The number of anilines is 2. The molecule has 6 nitrogen and oxygen atoms in total. The van der Waals surface area contributed by atoms with Crippen LogP contribution in [0, 0.1) is 0 Å². The third-order valence-electron chi connectivity index (χ3n) is 3.33. The van der Waals surface area contributed by atoms with Crippen molar-refractivity contribution in [3.05, 3.63) is 5.28 Å². The van der Waals surface area contributed by atoms with Crippen LogP contribution in [-0.2, 0) is 0 Å². The first-order valence-corrected chi connectivity index (χ1v) is 7.95. The third kappa shape index (κ3) is 5.63. The molecule has 1 rings (SSSR count). The maximum absolute atomic E-state index is 6.07. The minimum absolute atomic E-state index is 0.257. The van der Waals surface area contributed by atoms with Crippen molar-refractivity contribution in [3.8, 4) is 0 Å². The molecule has 0 aliphatic heterocycles. The van der Waals surface area contributed by atoms with E-state index in [9.17, 15) is 0 Å². The average molecular weight is 315 g/mol. The van der Waals surface area contributed by atoms with Gasteiger partial charge < -0.3 is 14.7 Å². The van der Waals surface area contributed by atoms with Gasteiger partial charge in [-0.15, -0.1) is 0 Å².